The van der Waals surface area contributed by atoms with E-state index in [1.165, 1.54) is 4.90 Å². The van der Waals surface area contributed by atoms with Gasteiger partial charge in [0.25, 0.3) is 0 Å². The van der Waals surface area contributed by atoms with E-state index in [9.17, 15) is 14.4 Å². The Balaban J connectivity index is 2.49. The fourth-order valence-electron chi connectivity index (χ4n) is 3.38. The molecule has 27 heavy (non-hydrogen) atoms. The molecule has 8 nitrogen and oxygen atoms in total. The number of nitrogens with two attached hydrogens (primary N) is 1. The third kappa shape index (κ3) is 4.50. The van der Waals surface area contributed by atoms with Crippen molar-refractivity contribution in [1.82, 2.24) is 10.2 Å². The monoisotopic (exact) mass is 377 g/mol. The summed E-state index contributed by atoms with van der Waals surface area (Å²) in [7, 11) is 1.55. The molecule has 1 aliphatic rings. The van der Waals surface area contributed by atoms with Crippen LogP contribution in [0.5, 0.6) is 5.75 Å². The standard InChI is InChI=1S/C19H27N3O5/c1-5-27-18(24)14-10-15(17(20)23)22(19(25)21-11(2)3)16(14)12-6-8-13(26-4)9-7-12/h6-9,11,14-16H,5,10H2,1-4H3,(H2,20,23)(H,21,25). The summed E-state index contributed by atoms with van der Waals surface area (Å²) in [6.07, 6.45) is 0.121. The first-order valence-corrected chi connectivity index (χ1v) is 8.98. The van der Waals surface area contributed by atoms with Crippen molar-refractivity contribution >= 4 is 17.9 Å². The number of carbonyl (C=O) groups excluding carboxylic acids is 3. The molecular formula is C19H27N3O5. The van der Waals surface area contributed by atoms with Gasteiger partial charge in [-0.05, 0) is 44.9 Å². The topological polar surface area (TPSA) is 111 Å². The molecule has 3 amide bonds. The molecule has 1 aromatic carbocycles. The van der Waals surface area contributed by atoms with Crippen molar-refractivity contribution < 1.29 is 23.9 Å². The Kier molecular flexibility index (Phi) is 6.65. The number of esters is 1. The van der Waals surface area contributed by atoms with Gasteiger partial charge in [-0.3, -0.25) is 9.59 Å². The van der Waals surface area contributed by atoms with Crippen LogP contribution in [0.4, 0.5) is 4.79 Å². The van der Waals surface area contributed by atoms with Crippen LogP contribution in [-0.2, 0) is 14.3 Å². The quantitative estimate of drug-likeness (QED) is 0.732. The van der Waals surface area contributed by atoms with E-state index in [0.717, 1.165) is 0 Å². The van der Waals surface area contributed by atoms with Gasteiger partial charge in [0.15, 0.2) is 0 Å². The third-order valence-electron chi connectivity index (χ3n) is 4.52. The van der Waals surface area contributed by atoms with Crippen LogP contribution in [0.2, 0.25) is 0 Å². The first-order valence-electron chi connectivity index (χ1n) is 8.98. The predicted molar refractivity (Wildman–Crippen MR) is 99.0 cm³/mol. The highest BCUT2D eigenvalue weighted by molar-refractivity contribution is 5.89. The highest BCUT2D eigenvalue weighted by atomic mass is 16.5. The zero-order valence-corrected chi connectivity index (χ0v) is 16.1. The van der Waals surface area contributed by atoms with Gasteiger partial charge in [0.2, 0.25) is 5.91 Å². The first-order chi connectivity index (χ1) is 12.8. The summed E-state index contributed by atoms with van der Waals surface area (Å²) in [5.41, 5.74) is 6.25. The van der Waals surface area contributed by atoms with Crippen LogP contribution in [0.25, 0.3) is 0 Å². The zero-order valence-electron chi connectivity index (χ0n) is 16.1. The van der Waals surface area contributed by atoms with Gasteiger partial charge in [-0.25, -0.2) is 4.79 Å². The fourth-order valence-corrected chi connectivity index (χ4v) is 3.38. The smallest absolute Gasteiger partial charge is 0.318 e. The molecule has 3 N–H and O–H groups in total. The summed E-state index contributed by atoms with van der Waals surface area (Å²) < 4.78 is 10.4. The molecule has 0 saturated carbocycles. The van der Waals surface area contributed by atoms with Gasteiger partial charge < -0.3 is 25.4 Å². The number of ether oxygens (including phenoxy) is 2. The molecule has 1 aliphatic heterocycles. The van der Waals surface area contributed by atoms with E-state index in [1.54, 1.807) is 38.3 Å². The Morgan fingerprint density at radius 1 is 1.26 bits per heavy atom. The maximum Gasteiger partial charge on any atom is 0.318 e. The van der Waals surface area contributed by atoms with Gasteiger partial charge in [0.05, 0.1) is 25.7 Å². The largest absolute Gasteiger partial charge is 0.497 e. The molecule has 1 fully saturated rings. The van der Waals surface area contributed by atoms with Crippen LogP contribution in [0.3, 0.4) is 0 Å². The van der Waals surface area contributed by atoms with Crippen LogP contribution in [-0.4, -0.2) is 48.6 Å². The van der Waals surface area contributed by atoms with Crippen LogP contribution >= 0.6 is 0 Å². The Hall–Kier alpha value is -2.77. The number of rotatable bonds is 6. The molecule has 0 radical (unpaired) electrons. The van der Waals surface area contributed by atoms with E-state index >= 15 is 0 Å². The summed E-state index contributed by atoms with van der Waals surface area (Å²) >= 11 is 0. The second-order valence-corrected chi connectivity index (χ2v) is 6.74. The van der Waals surface area contributed by atoms with Crippen molar-refractivity contribution in [3.05, 3.63) is 29.8 Å². The Labute approximate surface area is 159 Å². The SMILES string of the molecule is CCOC(=O)C1CC(C(N)=O)N(C(=O)NC(C)C)C1c1ccc(OC)cc1. The van der Waals surface area contributed by atoms with Crippen molar-refractivity contribution in [2.45, 2.75) is 45.3 Å². The zero-order chi connectivity index (χ0) is 20.1. The minimum Gasteiger partial charge on any atom is -0.497 e. The number of hydrogen-bond acceptors (Lipinski definition) is 5. The van der Waals surface area contributed by atoms with Crippen molar-refractivity contribution in [1.29, 1.82) is 0 Å². The number of primary amides is 1. The number of nitrogens with one attached hydrogen (secondary N) is 1. The van der Waals surface area contributed by atoms with E-state index in [0.29, 0.717) is 11.3 Å². The van der Waals surface area contributed by atoms with Crippen LogP contribution in [0.1, 0.15) is 38.8 Å². The lowest BCUT2D eigenvalue weighted by molar-refractivity contribution is -0.148. The predicted octanol–water partition coefficient (Wildman–Crippen LogP) is 1.59. The molecule has 148 valence electrons. The molecular weight excluding hydrogens is 350 g/mol. The Bertz CT molecular complexity index is 689. The van der Waals surface area contributed by atoms with Crippen LogP contribution < -0.4 is 15.8 Å². The van der Waals surface area contributed by atoms with Gasteiger partial charge in [0, 0.05) is 6.04 Å². The molecule has 3 atom stereocenters. The second-order valence-electron chi connectivity index (χ2n) is 6.74. The van der Waals surface area contributed by atoms with E-state index in [1.807, 2.05) is 13.8 Å². The molecule has 0 spiro atoms. The van der Waals surface area contributed by atoms with E-state index in [2.05, 4.69) is 5.32 Å². The first kappa shape index (κ1) is 20.5. The lowest BCUT2D eigenvalue weighted by atomic mass is 9.93. The van der Waals surface area contributed by atoms with Crippen LogP contribution in [0, 0.1) is 5.92 Å². The molecule has 1 saturated heterocycles. The number of urea groups is 1. The van der Waals surface area contributed by atoms with Crippen molar-refractivity contribution in [3.8, 4) is 5.75 Å². The van der Waals surface area contributed by atoms with E-state index in [4.69, 9.17) is 15.2 Å². The summed E-state index contributed by atoms with van der Waals surface area (Å²) in [6, 6.07) is 4.90. The van der Waals surface area contributed by atoms with Crippen LogP contribution in [0.15, 0.2) is 24.3 Å². The van der Waals surface area contributed by atoms with Crippen molar-refractivity contribution in [3.63, 3.8) is 0 Å². The number of amides is 3. The normalized spacial score (nSPS) is 21.8. The molecule has 3 unspecified atom stereocenters. The average Bonchev–Trinajstić information content (AvgIpc) is 3.02. The second kappa shape index (κ2) is 8.75. The maximum absolute atomic E-state index is 12.8. The van der Waals surface area contributed by atoms with Gasteiger partial charge in [-0.15, -0.1) is 0 Å². The number of carbonyl (C=O) groups is 3. The van der Waals surface area contributed by atoms with Crippen molar-refractivity contribution in [2.24, 2.45) is 11.7 Å². The summed E-state index contributed by atoms with van der Waals surface area (Å²) in [5, 5.41) is 2.79. The number of methoxy groups -OCH3 is 1. The summed E-state index contributed by atoms with van der Waals surface area (Å²) in [5.74, 6) is -1.15. The third-order valence-corrected chi connectivity index (χ3v) is 4.52. The van der Waals surface area contributed by atoms with Gasteiger partial charge in [0.1, 0.15) is 11.8 Å². The Morgan fingerprint density at radius 2 is 1.89 bits per heavy atom. The molecule has 2 rings (SSSR count). The summed E-state index contributed by atoms with van der Waals surface area (Å²) in [6.45, 7) is 5.56. The highest BCUT2D eigenvalue weighted by Crippen LogP contribution is 2.42. The van der Waals surface area contributed by atoms with Gasteiger partial charge in [-0.2, -0.15) is 0 Å². The molecule has 0 bridgehead atoms. The average molecular weight is 377 g/mol. The lowest BCUT2D eigenvalue weighted by Gasteiger charge is -2.31. The molecule has 8 heteroatoms. The lowest BCUT2D eigenvalue weighted by Crippen LogP contribution is -2.50. The number of nitrogens with zero attached hydrogens (tertiary/aromatic N) is 1. The molecule has 1 heterocycles. The summed E-state index contributed by atoms with van der Waals surface area (Å²) in [4.78, 5) is 38.8. The fraction of sp³-hybridized carbons (Fsp3) is 0.526. The number of benzene rings is 1. The molecule has 0 aromatic heterocycles. The maximum atomic E-state index is 12.8. The minimum absolute atomic E-state index is 0.121. The molecule has 0 aliphatic carbocycles. The number of likely N-dealkylation sites (tertiary alicyclic amines) is 1. The number of hydrogen-bond donors (Lipinski definition) is 2. The highest BCUT2D eigenvalue weighted by Gasteiger charge is 2.50. The van der Waals surface area contributed by atoms with E-state index in [-0.39, 0.29) is 19.1 Å². The Morgan fingerprint density at radius 3 is 2.37 bits per heavy atom. The van der Waals surface area contributed by atoms with E-state index < -0.39 is 35.9 Å². The minimum atomic E-state index is -0.898. The van der Waals surface area contributed by atoms with Gasteiger partial charge >= 0.3 is 12.0 Å². The molecule has 1 aromatic rings. The van der Waals surface area contributed by atoms with Crippen molar-refractivity contribution in [2.75, 3.05) is 13.7 Å². The van der Waals surface area contributed by atoms with Gasteiger partial charge in [-0.1, -0.05) is 12.1 Å².